The number of hydrogen-bond acceptors (Lipinski definition) is 3. The Morgan fingerprint density at radius 2 is 2.00 bits per heavy atom. The third kappa shape index (κ3) is 7.09. The van der Waals surface area contributed by atoms with Crippen molar-refractivity contribution in [1.82, 2.24) is 10.6 Å². The molecule has 1 unspecified atom stereocenters. The first-order valence-corrected chi connectivity index (χ1v) is 10.5. The van der Waals surface area contributed by atoms with Gasteiger partial charge in [-0.15, -0.1) is 24.0 Å². The number of guanidine groups is 1. The molecule has 1 aromatic carbocycles. The second-order valence-electron chi connectivity index (χ2n) is 6.31. The first-order chi connectivity index (χ1) is 12.1. The minimum absolute atomic E-state index is 0. The van der Waals surface area contributed by atoms with Gasteiger partial charge in [0.1, 0.15) is 0 Å². The zero-order valence-corrected chi connectivity index (χ0v) is 19.8. The van der Waals surface area contributed by atoms with Crippen molar-refractivity contribution < 1.29 is 4.74 Å². The maximum atomic E-state index is 6.32. The topological polar surface area (TPSA) is 45.7 Å². The van der Waals surface area contributed by atoms with E-state index in [1.54, 1.807) is 0 Å². The quantitative estimate of drug-likeness (QED) is 0.311. The van der Waals surface area contributed by atoms with Gasteiger partial charge in [0, 0.05) is 29.5 Å². The Labute approximate surface area is 184 Å². The summed E-state index contributed by atoms with van der Waals surface area (Å²) in [5, 5.41) is 7.62. The molecular weight excluding hydrogens is 481 g/mol. The van der Waals surface area contributed by atoms with Gasteiger partial charge >= 0.3 is 0 Å². The molecule has 0 aromatic heterocycles. The zero-order valence-electron chi connectivity index (χ0n) is 15.9. The van der Waals surface area contributed by atoms with Gasteiger partial charge in [0.25, 0.3) is 0 Å². The van der Waals surface area contributed by atoms with E-state index in [0.29, 0.717) is 0 Å². The number of halogens is 2. The molecule has 1 saturated heterocycles. The van der Waals surface area contributed by atoms with Crippen LogP contribution in [0, 0.1) is 0 Å². The number of nitrogens with zero attached hydrogens (tertiary/aromatic N) is 1. The van der Waals surface area contributed by atoms with Crippen LogP contribution in [0.15, 0.2) is 29.3 Å². The van der Waals surface area contributed by atoms with Crippen LogP contribution in [-0.4, -0.2) is 42.8 Å². The Morgan fingerprint density at radius 1 is 1.31 bits per heavy atom. The SMILES string of the molecule is CCNC(=NCC1(SCC)CCOCC1)NC(C)c1ccccc1Cl.I. The number of thioether (sulfide) groups is 1. The van der Waals surface area contributed by atoms with Gasteiger partial charge in [0.2, 0.25) is 0 Å². The van der Waals surface area contributed by atoms with Crippen LogP contribution in [0.25, 0.3) is 0 Å². The van der Waals surface area contributed by atoms with Crippen molar-refractivity contribution in [2.24, 2.45) is 4.99 Å². The van der Waals surface area contributed by atoms with Gasteiger partial charge in [0.15, 0.2) is 5.96 Å². The van der Waals surface area contributed by atoms with E-state index in [9.17, 15) is 0 Å². The summed E-state index contributed by atoms with van der Waals surface area (Å²) >= 11 is 8.34. The molecule has 1 fully saturated rings. The molecule has 2 N–H and O–H groups in total. The van der Waals surface area contributed by atoms with Crippen molar-refractivity contribution in [2.75, 3.05) is 32.1 Å². The van der Waals surface area contributed by atoms with E-state index < -0.39 is 0 Å². The summed E-state index contributed by atoms with van der Waals surface area (Å²) in [6.45, 7) is 9.72. The van der Waals surface area contributed by atoms with Crippen molar-refractivity contribution >= 4 is 53.3 Å². The highest BCUT2D eigenvalue weighted by atomic mass is 127. The molecule has 0 aliphatic carbocycles. The summed E-state index contributed by atoms with van der Waals surface area (Å²) < 4.78 is 5.75. The second kappa shape index (κ2) is 12.3. The van der Waals surface area contributed by atoms with Crippen molar-refractivity contribution in [3.8, 4) is 0 Å². The van der Waals surface area contributed by atoms with Gasteiger partial charge < -0.3 is 15.4 Å². The molecule has 2 rings (SSSR count). The highest BCUT2D eigenvalue weighted by Crippen LogP contribution is 2.35. The molecule has 1 atom stereocenters. The highest BCUT2D eigenvalue weighted by Gasteiger charge is 2.32. The average Bonchev–Trinajstić information content (AvgIpc) is 2.61. The van der Waals surface area contributed by atoms with Gasteiger partial charge in [-0.25, -0.2) is 0 Å². The molecule has 0 radical (unpaired) electrons. The molecule has 148 valence electrons. The predicted molar refractivity (Wildman–Crippen MR) is 125 cm³/mol. The fourth-order valence-electron chi connectivity index (χ4n) is 3.05. The molecule has 1 aliphatic rings. The van der Waals surface area contributed by atoms with Crippen LogP contribution in [0.4, 0.5) is 0 Å². The maximum absolute atomic E-state index is 6.32. The molecule has 0 bridgehead atoms. The lowest BCUT2D eigenvalue weighted by atomic mass is 9.99. The number of aliphatic imine (C=N–C) groups is 1. The number of nitrogens with one attached hydrogen (secondary N) is 2. The minimum Gasteiger partial charge on any atom is -0.381 e. The monoisotopic (exact) mass is 511 g/mol. The largest absolute Gasteiger partial charge is 0.381 e. The Balaban J connectivity index is 0.00000338. The van der Waals surface area contributed by atoms with E-state index in [0.717, 1.165) is 61.4 Å². The molecule has 1 aliphatic heterocycles. The van der Waals surface area contributed by atoms with Gasteiger partial charge in [-0.3, -0.25) is 4.99 Å². The standard InChI is InChI=1S/C19H30ClN3OS.HI/c1-4-21-18(23-15(3)16-8-6-7-9-17(16)20)22-14-19(25-5-2)10-12-24-13-11-19;/h6-9,15H,4-5,10-14H2,1-3H3,(H2,21,22,23);1H. The Morgan fingerprint density at radius 3 is 2.62 bits per heavy atom. The smallest absolute Gasteiger partial charge is 0.191 e. The fraction of sp³-hybridized carbons (Fsp3) is 0.632. The van der Waals surface area contributed by atoms with E-state index >= 15 is 0 Å². The van der Waals surface area contributed by atoms with Gasteiger partial charge in [-0.05, 0) is 44.1 Å². The van der Waals surface area contributed by atoms with Gasteiger partial charge in [0.05, 0.1) is 12.6 Å². The van der Waals surface area contributed by atoms with Crippen LogP contribution < -0.4 is 10.6 Å². The summed E-state index contributed by atoms with van der Waals surface area (Å²) in [5.74, 6) is 1.95. The van der Waals surface area contributed by atoms with E-state index in [4.69, 9.17) is 21.3 Å². The van der Waals surface area contributed by atoms with Crippen molar-refractivity contribution in [2.45, 2.75) is 44.4 Å². The lowest BCUT2D eigenvalue weighted by Gasteiger charge is -2.35. The zero-order chi connectivity index (χ0) is 18.1. The van der Waals surface area contributed by atoms with E-state index in [-0.39, 0.29) is 34.8 Å². The van der Waals surface area contributed by atoms with E-state index in [1.165, 1.54) is 0 Å². The van der Waals surface area contributed by atoms with E-state index in [2.05, 4.69) is 37.5 Å². The molecule has 7 heteroatoms. The first kappa shape index (κ1) is 23.9. The predicted octanol–water partition coefficient (Wildman–Crippen LogP) is 4.88. The van der Waals surface area contributed by atoms with Crippen LogP contribution in [0.1, 0.15) is 45.2 Å². The number of ether oxygens (including phenoxy) is 1. The van der Waals surface area contributed by atoms with Crippen molar-refractivity contribution in [3.63, 3.8) is 0 Å². The summed E-state index contributed by atoms with van der Waals surface area (Å²) in [5.41, 5.74) is 1.08. The van der Waals surface area contributed by atoms with Crippen LogP contribution in [0.5, 0.6) is 0 Å². The molecule has 26 heavy (non-hydrogen) atoms. The number of benzene rings is 1. The van der Waals surface area contributed by atoms with Crippen molar-refractivity contribution in [1.29, 1.82) is 0 Å². The summed E-state index contributed by atoms with van der Waals surface area (Å²) in [4.78, 5) is 4.90. The highest BCUT2D eigenvalue weighted by molar-refractivity contribution is 14.0. The van der Waals surface area contributed by atoms with Crippen LogP contribution in [0.2, 0.25) is 5.02 Å². The summed E-state index contributed by atoms with van der Waals surface area (Å²) in [6.07, 6.45) is 2.13. The third-order valence-electron chi connectivity index (χ3n) is 4.45. The Kier molecular flexibility index (Phi) is 11.3. The van der Waals surface area contributed by atoms with E-state index in [1.807, 2.05) is 30.0 Å². The lowest BCUT2D eigenvalue weighted by Crippen LogP contribution is -2.42. The minimum atomic E-state index is 0. The average molecular weight is 512 g/mol. The Bertz CT molecular complexity index is 562. The molecule has 0 saturated carbocycles. The first-order valence-electron chi connectivity index (χ1n) is 9.11. The maximum Gasteiger partial charge on any atom is 0.191 e. The van der Waals surface area contributed by atoms with Crippen LogP contribution in [-0.2, 0) is 4.74 Å². The molecular formula is C19H31ClIN3OS. The van der Waals surface area contributed by atoms with Gasteiger partial charge in [-0.2, -0.15) is 11.8 Å². The lowest BCUT2D eigenvalue weighted by molar-refractivity contribution is 0.0793. The molecule has 4 nitrogen and oxygen atoms in total. The fourth-order valence-corrected chi connectivity index (χ4v) is 4.57. The van der Waals surface area contributed by atoms with Crippen LogP contribution in [0.3, 0.4) is 0 Å². The summed E-state index contributed by atoms with van der Waals surface area (Å²) in [7, 11) is 0. The normalized spacial score (nSPS) is 17.9. The molecule has 0 spiro atoms. The molecule has 0 amide bonds. The third-order valence-corrected chi connectivity index (χ3v) is 6.23. The number of hydrogen-bond donors (Lipinski definition) is 2. The summed E-state index contributed by atoms with van der Waals surface area (Å²) in [6, 6.07) is 8.04. The number of rotatable bonds is 7. The molecule has 1 aromatic rings. The van der Waals surface area contributed by atoms with Gasteiger partial charge in [-0.1, -0.05) is 36.7 Å². The van der Waals surface area contributed by atoms with Crippen molar-refractivity contribution in [3.05, 3.63) is 34.9 Å². The second-order valence-corrected chi connectivity index (χ2v) is 8.45. The van der Waals surface area contributed by atoms with Crippen LogP contribution >= 0.6 is 47.3 Å². The Hall–Kier alpha value is -0.180. The molecule has 1 heterocycles.